The lowest BCUT2D eigenvalue weighted by molar-refractivity contribution is -0.116. The summed E-state index contributed by atoms with van der Waals surface area (Å²) >= 11 is 0. The largest absolute Gasteiger partial charge is 0.494 e. The predicted octanol–water partition coefficient (Wildman–Crippen LogP) is 5.15. The van der Waals surface area contributed by atoms with Crippen LogP contribution in [0.3, 0.4) is 0 Å². The summed E-state index contributed by atoms with van der Waals surface area (Å²) in [5, 5.41) is 11.8. The third-order valence-corrected chi connectivity index (χ3v) is 5.86. The van der Waals surface area contributed by atoms with E-state index in [0.717, 1.165) is 16.6 Å². The van der Waals surface area contributed by atoms with Gasteiger partial charge in [0, 0.05) is 42.7 Å². The Bertz CT molecular complexity index is 1400. The molecule has 8 heteroatoms. The molecular weight excluding hydrogens is 468 g/mol. The van der Waals surface area contributed by atoms with Crippen LogP contribution in [0, 0.1) is 0 Å². The van der Waals surface area contributed by atoms with Gasteiger partial charge < -0.3 is 30.2 Å². The molecule has 1 amide bonds. The van der Waals surface area contributed by atoms with Crippen molar-refractivity contribution in [3.63, 3.8) is 0 Å². The average Bonchev–Trinajstić information content (AvgIpc) is 3.21. The number of fused-ring (bicyclic) bond motifs is 1. The summed E-state index contributed by atoms with van der Waals surface area (Å²) in [5.74, 6) is 1.12. The topological polar surface area (TPSA) is 113 Å². The van der Waals surface area contributed by atoms with Gasteiger partial charge in [-0.25, -0.2) is 4.99 Å². The van der Waals surface area contributed by atoms with Gasteiger partial charge in [0.2, 0.25) is 5.91 Å². The van der Waals surface area contributed by atoms with E-state index in [9.17, 15) is 9.90 Å². The molecule has 8 nitrogen and oxygen atoms in total. The number of aromatic amines is 1. The Kier molecular flexibility index (Phi) is 8.10. The molecule has 4 aromatic rings. The second kappa shape index (κ2) is 11.6. The molecule has 0 aliphatic carbocycles. The Morgan fingerprint density at radius 1 is 1.00 bits per heavy atom. The number of H-pyrrole nitrogens is 1. The van der Waals surface area contributed by atoms with Gasteiger partial charge in [0.25, 0.3) is 0 Å². The third-order valence-electron chi connectivity index (χ3n) is 5.86. The highest BCUT2D eigenvalue weighted by Gasteiger charge is 2.21. The molecular formula is C29H32N4O4. The summed E-state index contributed by atoms with van der Waals surface area (Å²) < 4.78 is 11.6. The van der Waals surface area contributed by atoms with Gasteiger partial charge in [-0.2, -0.15) is 0 Å². The lowest BCUT2D eigenvalue weighted by Gasteiger charge is -2.20. The van der Waals surface area contributed by atoms with Crippen molar-refractivity contribution < 1.29 is 19.4 Å². The molecule has 0 bridgehead atoms. The van der Waals surface area contributed by atoms with E-state index in [4.69, 9.17) is 20.2 Å². The Morgan fingerprint density at radius 2 is 1.65 bits per heavy atom. The van der Waals surface area contributed by atoms with Gasteiger partial charge in [0.05, 0.1) is 35.7 Å². The van der Waals surface area contributed by atoms with E-state index in [1.54, 1.807) is 4.90 Å². The van der Waals surface area contributed by atoms with Crippen LogP contribution in [-0.4, -0.2) is 48.0 Å². The van der Waals surface area contributed by atoms with E-state index < -0.39 is 0 Å². The first-order valence-electron chi connectivity index (χ1n) is 12.3. The number of anilines is 1. The maximum atomic E-state index is 12.0. The Labute approximate surface area is 216 Å². The molecule has 0 saturated heterocycles. The summed E-state index contributed by atoms with van der Waals surface area (Å²) in [6, 6.07) is 20.7. The van der Waals surface area contributed by atoms with Crippen LogP contribution in [0.5, 0.6) is 17.4 Å². The molecule has 0 aliphatic heterocycles. The number of nitrogens with two attached hydrogens (primary N) is 1. The van der Waals surface area contributed by atoms with Crippen LogP contribution in [0.15, 0.2) is 71.7 Å². The molecule has 0 atom stereocenters. The lowest BCUT2D eigenvalue weighted by Crippen LogP contribution is -2.33. The minimum atomic E-state index is -0.0769. The highest BCUT2D eigenvalue weighted by atomic mass is 16.5. The lowest BCUT2D eigenvalue weighted by atomic mass is 10.0. The summed E-state index contributed by atoms with van der Waals surface area (Å²) in [4.78, 5) is 21.7. The quantitative estimate of drug-likeness (QED) is 0.261. The second-order valence-electron chi connectivity index (χ2n) is 8.36. The van der Waals surface area contributed by atoms with Crippen molar-refractivity contribution >= 4 is 33.9 Å². The third kappa shape index (κ3) is 5.59. The van der Waals surface area contributed by atoms with Crippen molar-refractivity contribution in [1.82, 2.24) is 4.98 Å². The molecule has 4 rings (SSSR count). The fourth-order valence-corrected chi connectivity index (χ4v) is 4.26. The van der Waals surface area contributed by atoms with Crippen molar-refractivity contribution in [3.8, 4) is 17.4 Å². The summed E-state index contributed by atoms with van der Waals surface area (Å²) in [6.45, 7) is 7.11. The minimum absolute atomic E-state index is 0.00368. The number of rotatable bonds is 10. The van der Waals surface area contributed by atoms with Gasteiger partial charge in [-0.1, -0.05) is 30.3 Å². The van der Waals surface area contributed by atoms with E-state index in [2.05, 4.69) is 4.98 Å². The predicted molar refractivity (Wildman–Crippen MR) is 148 cm³/mol. The Balaban J connectivity index is 1.86. The number of hydrogen-bond donors (Lipinski definition) is 3. The molecule has 1 heterocycles. The van der Waals surface area contributed by atoms with Crippen molar-refractivity contribution in [2.24, 2.45) is 10.7 Å². The standard InChI is InChI=1S/C29H32N4O4/c1-4-36-25-17-23-24(18-26(25)37-5-2)32-29(35)27(23)28(20-9-7-6-8-10-20)31-21-11-13-22(14-12-21)33(16-15-30)19(3)34/h6-14,17-18,32,35H,4-5,15-16,30H2,1-3H3. The molecule has 0 unspecified atom stereocenters. The first kappa shape index (κ1) is 25.8. The number of aromatic hydroxyl groups is 1. The highest BCUT2D eigenvalue weighted by Crippen LogP contribution is 2.38. The van der Waals surface area contributed by atoms with Crippen molar-refractivity contribution in [3.05, 3.63) is 77.9 Å². The maximum Gasteiger partial charge on any atom is 0.223 e. The van der Waals surface area contributed by atoms with Crippen molar-refractivity contribution in [2.75, 3.05) is 31.2 Å². The number of amides is 1. The molecule has 0 fully saturated rings. The fourth-order valence-electron chi connectivity index (χ4n) is 4.26. The number of carbonyl (C=O) groups excluding carboxylic acids is 1. The summed E-state index contributed by atoms with van der Waals surface area (Å²) in [5.41, 5.74) is 9.78. The van der Waals surface area contributed by atoms with Gasteiger partial charge in [-0.05, 0) is 44.2 Å². The van der Waals surface area contributed by atoms with E-state index in [1.807, 2.05) is 80.6 Å². The molecule has 0 spiro atoms. The first-order chi connectivity index (χ1) is 18.0. The zero-order valence-electron chi connectivity index (χ0n) is 21.3. The Morgan fingerprint density at radius 3 is 2.24 bits per heavy atom. The van der Waals surface area contributed by atoms with Gasteiger partial charge >= 0.3 is 0 Å². The summed E-state index contributed by atoms with van der Waals surface area (Å²) in [7, 11) is 0. The van der Waals surface area contributed by atoms with E-state index in [1.165, 1.54) is 6.92 Å². The normalized spacial score (nSPS) is 11.5. The first-order valence-corrected chi connectivity index (χ1v) is 12.3. The fraction of sp³-hybridized carbons (Fsp3) is 0.241. The van der Waals surface area contributed by atoms with Gasteiger partial charge in [0.15, 0.2) is 17.4 Å². The van der Waals surface area contributed by atoms with Crippen LogP contribution in [0.25, 0.3) is 10.9 Å². The molecule has 0 aliphatic rings. The number of carbonyl (C=O) groups is 1. The van der Waals surface area contributed by atoms with Crippen LogP contribution < -0.4 is 20.1 Å². The second-order valence-corrected chi connectivity index (χ2v) is 8.36. The minimum Gasteiger partial charge on any atom is -0.494 e. The van der Waals surface area contributed by atoms with Crippen molar-refractivity contribution in [1.29, 1.82) is 0 Å². The maximum absolute atomic E-state index is 12.0. The average molecular weight is 501 g/mol. The smallest absolute Gasteiger partial charge is 0.223 e. The molecule has 1 aromatic heterocycles. The van der Waals surface area contributed by atoms with E-state index in [-0.39, 0.29) is 11.8 Å². The number of hydrogen-bond acceptors (Lipinski definition) is 6. The molecule has 37 heavy (non-hydrogen) atoms. The monoisotopic (exact) mass is 500 g/mol. The van der Waals surface area contributed by atoms with Crippen LogP contribution in [0.2, 0.25) is 0 Å². The summed E-state index contributed by atoms with van der Waals surface area (Å²) in [6.07, 6.45) is 0. The van der Waals surface area contributed by atoms with Crippen LogP contribution in [-0.2, 0) is 4.79 Å². The number of aromatic nitrogens is 1. The zero-order chi connectivity index (χ0) is 26.4. The van der Waals surface area contributed by atoms with Crippen LogP contribution in [0.1, 0.15) is 31.9 Å². The number of benzene rings is 3. The number of aliphatic imine (C=N–C) groups is 1. The number of nitrogens with zero attached hydrogens (tertiary/aromatic N) is 2. The number of ether oxygens (including phenoxy) is 2. The van der Waals surface area contributed by atoms with E-state index >= 15 is 0 Å². The SMILES string of the molecule is CCOc1cc2[nH]c(O)c(C(=Nc3ccc(N(CCN)C(C)=O)cc3)c3ccccc3)c2cc1OCC. The highest BCUT2D eigenvalue weighted by molar-refractivity contribution is 6.22. The molecule has 192 valence electrons. The molecule has 0 radical (unpaired) electrons. The Hall–Kier alpha value is -4.30. The zero-order valence-corrected chi connectivity index (χ0v) is 21.3. The van der Waals surface area contributed by atoms with Gasteiger partial charge in [-0.3, -0.25) is 4.79 Å². The van der Waals surface area contributed by atoms with E-state index in [0.29, 0.717) is 60.3 Å². The number of nitrogens with one attached hydrogen (secondary N) is 1. The van der Waals surface area contributed by atoms with Crippen molar-refractivity contribution in [2.45, 2.75) is 20.8 Å². The van der Waals surface area contributed by atoms with Gasteiger partial charge in [-0.15, -0.1) is 0 Å². The molecule has 4 N–H and O–H groups in total. The van der Waals surface area contributed by atoms with Crippen LogP contribution >= 0.6 is 0 Å². The molecule has 3 aromatic carbocycles. The van der Waals surface area contributed by atoms with Crippen LogP contribution in [0.4, 0.5) is 11.4 Å². The van der Waals surface area contributed by atoms with Gasteiger partial charge in [0.1, 0.15) is 0 Å². The molecule has 0 saturated carbocycles.